The van der Waals surface area contributed by atoms with Crippen molar-refractivity contribution in [2.24, 2.45) is 0 Å². The van der Waals surface area contributed by atoms with Crippen molar-refractivity contribution in [2.45, 2.75) is 4.90 Å². The maximum atomic E-state index is 6.08. The van der Waals surface area contributed by atoms with E-state index in [9.17, 15) is 0 Å². The van der Waals surface area contributed by atoms with Crippen molar-refractivity contribution >= 4 is 46.6 Å². The molecule has 0 radical (unpaired) electrons. The molecule has 1 heterocycles. The number of H-pyrrole nitrogens is 1. The van der Waals surface area contributed by atoms with E-state index in [0.29, 0.717) is 9.79 Å². The fourth-order valence-corrected chi connectivity index (χ4v) is 3.02. The molecule has 0 unspecified atom stereocenters. The number of aromatic nitrogens is 2. The Bertz CT molecular complexity index is 805. The van der Waals surface area contributed by atoms with Crippen LogP contribution in [0.4, 0.5) is 0 Å². The molecule has 0 aliphatic carbocycles. The van der Waals surface area contributed by atoms with Gasteiger partial charge in [0.05, 0.1) is 11.0 Å². The van der Waals surface area contributed by atoms with Crippen molar-refractivity contribution in [3.63, 3.8) is 0 Å². The fraction of sp³-hybridized carbons (Fsp3) is 0.0714. The lowest BCUT2D eigenvalue weighted by Crippen LogP contribution is -1.93. The number of rotatable bonds is 2. The van der Waals surface area contributed by atoms with Gasteiger partial charge in [-0.3, -0.25) is 4.57 Å². The second kappa shape index (κ2) is 5.04. The quantitative estimate of drug-likeness (QED) is 0.527. The Balaban J connectivity index is 2.32. The molecule has 3 rings (SSSR count). The average molecular weight is 307 g/mol. The second-order valence-corrected chi connectivity index (χ2v) is 5.83. The molecule has 2 nitrogen and oxygen atoms in total. The maximum absolute atomic E-state index is 6.08. The average Bonchev–Trinajstić information content (AvgIpc) is 2.74. The molecule has 0 fully saturated rings. The van der Waals surface area contributed by atoms with Crippen LogP contribution in [0.25, 0.3) is 16.7 Å². The van der Waals surface area contributed by atoms with Crippen molar-refractivity contribution in [3.8, 4) is 5.69 Å². The minimum absolute atomic E-state index is 0.676. The third-order valence-corrected chi connectivity index (χ3v) is 4.20. The Kier molecular flexibility index (Phi) is 3.39. The van der Waals surface area contributed by atoms with E-state index in [-0.39, 0.29) is 0 Å². The summed E-state index contributed by atoms with van der Waals surface area (Å²) >= 11 is 13.2. The third-order valence-electron chi connectivity index (χ3n) is 2.96. The third kappa shape index (κ3) is 2.31. The number of imidazole rings is 1. The first kappa shape index (κ1) is 12.8. The molecule has 2 aromatic carbocycles. The van der Waals surface area contributed by atoms with Crippen molar-refractivity contribution in [1.82, 2.24) is 9.55 Å². The van der Waals surface area contributed by atoms with Crippen LogP contribution in [0.3, 0.4) is 0 Å². The van der Waals surface area contributed by atoms with E-state index in [1.807, 2.05) is 34.9 Å². The molecule has 96 valence electrons. The number of aromatic amines is 1. The minimum Gasteiger partial charge on any atom is -0.330 e. The number of benzene rings is 2. The summed E-state index contributed by atoms with van der Waals surface area (Å²) in [4.78, 5) is 4.41. The van der Waals surface area contributed by atoms with Crippen molar-refractivity contribution < 1.29 is 0 Å². The van der Waals surface area contributed by atoms with E-state index < -0.39 is 0 Å². The highest BCUT2D eigenvalue weighted by atomic mass is 35.5. The zero-order valence-electron chi connectivity index (χ0n) is 10.2. The molecule has 0 saturated heterocycles. The van der Waals surface area contributed by atoms with Gasteiger partial charge in [-0.15, -0.1) is 11.8 Å². The molecular weight excluding hydrogens is 296 g/mol. The lowest BCUT2D eigenvalue weighted by Gasteiger charge is -2.06. The molecule has 1 N–H and O–H groups in total. The van der Waals surface area contributed by atoms with Gasteiger partial charge in [0, 0.05) is 15.6 Å². The van der Waals surface area contributed by atoms with Crippen molar-refractivity contribution in [3.05, 3.63) is 52.3 Å². The molecule has 5 heteroatoms. The summed E-state index contributed by atoms with van der Waals surface area (Å²) in [5.41, 5.74) is 3.03. The van der Waals surface area contributed by atoms with Crippen molar-refractivity contribution in [1.29, 1.82) is 0 Å². The molecule has 0 amide bonds. The van der Waals surface area contributed by atoms with Crippen LogP contribution in [0.15, 0.2) is 47.4 Å². The topological polar surface area (TPSA) is 20.7 Å². The number of nitrogens with zero attached hydrogens (tertiary/aromatic N) is 1. The van der Waals surface area contributed by atoms with Crippen LogP contribution in [0.2, 0.25) is 5.02 Å². The highest BCUT2D eigenvalue weighted by Gasteiger charge is 2.07. The molecule has 0 saturated carbocycles. The predicted molar refractivity (Wildman–Crippen MR) is 85.3 cm³/mol. The summed E-state index contributed by atoms with van der Waals surface area (Å²) in [6, 6.07) is 14.0. The van der Waals surface area contributed by atoms with Crippen molar-refractivity contribution in [2.75, 3.05) is 6.26 Å². The molecule has 0 aliphatic rings. The molecule has 0 atom stereocenters. The largest absolute Gasteiger partial charge is 0.330 e. The van der Waals surface area contributed by atoms with Gasteiger partial charge >= 0.3 is 0 Å². The van der Waals surface area contributed by atoms with E-state index in [1.54, 1.807) is 11.8 Å². The lowest BCUT2D eigenvalue weighted by molar-refractivity contribution is 1.06. The number of hydrogen-bond acceptors (Lipinski definition) is 2. The Morgan fingerprint density at radius 2 is 2.05 bits per heavy atom. The Morgan fingerprint density at radius 3 is 2.84 bits per heavy atom. The van der Waals surface area contributed by atoms with E-state index in [0.717, 1.165) is 16.7 Å². The van der Waals surface area contributed by atoms with Gasteiger partial charge in [-0.1, -0.05) is 17.7 Å². The molecule has 0 bridgehead atoms. The molecular formula is C14H11ClN2S2. The van der Waals surface area contributed by atoms with Gasteiger partial charge in [0.1, 0.15) is 0 Å². The van der Waals surface area contributed by atoms with Crippen LogP contribution in [-0.4, -0.2) is 15.8 Å². The zero-order chi connectivity index (χ0) is 13.4. The first-order chi connectivity index (χ1) is 9.19. The fourth-order valence-electron chi connectivity index (χ4n) is 2.08. The normalized spacial score (nSPS) is 11.1. The van der Waals surface area contributed by atoms with Gasteiger partial charge in [-0.2, -0.15) is 0 Å². The van der Waals surface area contributed by atoms with E-state index in [2.05, 4.69) is 23.4 Å². The smallest absolute Gasteiger partial charge is 0.182 e. The molecule has 0 spiro atoms. The summed E-state index contributed by atoms with van der Waals surface area (Å²) in [6.45, 7) is 0. The number of thioether (sulfide) groups is 1. The van der Waals surface area contributed by atoms with Crippen LogP contribution in [0, 0.1) is 4.77 Å². The Labute approximate surface area is 125 Å². The van der Waals surface area contributed by atoms with Gasteiger partial charge < -0.3 is 4.98 Å². The van der Waals surface area contributed by atoms with Gasteiger partial charge in [0.15, 0.2) is 4.77 Å². The highest BCUT2D eigenvalue weighted by molar-refractivity contribution is 7.98. The van der Waals surface area contributed by atoms with Gasteiger partial charge in [-0.05, 0) is 54.9 Å². The summed E-state index contributed by atoms with van der Waals surface area (Å²) in [6.07, 6.45) is 2.06. The number of fused-ring (bicyclic) bond motifs is 1. The van der Waals surface area contributed by atoms with Gasteiger partial charge in [0.2, 0.25) is 0 Å². The zero-order valence-corrected chi connectivity index (χ0v) is 12.6. The maximum Gasteiger partial charge on any atom is 0.182 e. The van der Waals surface area contributed by atoms with Crippen LogP contribution in [-0.2, 0) is 0 Å². The Morgan fingerprint density at radius 1 is 1.21 bits per heavy atom. The molecule has 1 aromatic heterocycles. The number of hydrogen-bond donors (Lipinski definition) is 1. The first-order valence-corrected chi connectivity index (χ1v) is 7.75. The monoisotopic (exact) mass is 306 g/mol. The van der Waals surface area contributed by atoms with Crippen LogP contribution < -0.4 is 0 Å². The minimum atomic E-state index is 0.676. The second-order valence-electron chi connectivity index (χ2n) is 4.13. The van der Waals surface area contributed by atoms with E-state index in [4.69, 9.17) is 23.8 Å². The van der Waals surface area contributed by atoms with Gasteiger partial charge in [-0.25, -0.2) is 0 Å². The molecule has 19 heavy (non-hydrogen) atoms. The van der Waals surface area contributed by atoms with Crippen LogP contribution in [0.5, 0.6) is 0 Å². The van der Waals surface area contributed by atoms with Crippen LogP contribution in [0.1, 0.15) is 0 Å². The number of nitrogens with one attached hydrogen (secondary N) is 1. The molecule has 0 aliphatic heterocycles. The lowest BCUT2D eigenvalue weighted by atomic mass is 10.3. The Hall–Kier alpha value is -1.23. The number of halogens is 1. The van der Waals surface area contributed by atoms with Crippen LogP contribution >= 0.6 is 35.6 Å². The summed E-state index contributed by atoms with van der Waals surface area (Å²) in [5, 5.41) is 0.705. The highest BCUT2D eigenvalue weighted by Crippen LogP contribution is 2.25. The summed E-state index contributed by atoms with van der Waals surface area (Å²) < 4.78 is 2.69. The first-order valence-electron chi connectivity index (χ1n) is 5.74. The SMILES string of the molecule is CSc1cccc(-n2c(=S)[nH]c3ccc(Cl)cc32)c1. The van der Waals surface area contributed by atoms with Gasteiger partial charge in [0.25, 0.3) is 0 Å². The molecule has 3 aromatic rings. The summed E-state index contributed by atoms with van der Waals surface area (Å²) in [5.74, 6) is 0. The van der Waals surface area contributed by atoms with E-state index >= 15 is 0 Å². The predicted octanol–water partition coefficient (Wildman–Crippen LogP) is 5.06. The summed E-state index contributed by atoms with van der Waals surface area (Å²) in [7, 11) is 0. The van der Waals surface area contributed by atoms with E-state index in [1.165, 1.54) is 4.90 Å². The standard InChI is InChI=1S/C14H11ClN2S2/c1-19-11-4-2-3-10(8-11)17-13-7-9(15)5-6-12(13)16-14(17)18/h2-8H,1H3,(H,16,18).